The standard InChI is InChI=1S/C73H118O6/c1-4-7-10-13-16-19-22-25-28-30-32-34-35-36-37-39-40-42-45-48-51-54-57-60-63-66-72(75)78-69-70(68-77-71(74)65-62-59-56-53-50-47-44-27-24-21-18-15-12-9-6-3)79-73(76)67-64-61-58-55-52-49-46-43-41-38-33-31-29-26-23-20-17-14-11-8-5-2/h7-8,10-11,16-21,25-29,32-34,36-38,43-44,46,70H,4-6,9,12-15,22-24,30-31,35,39-42,45,47-69H2,1-3H3/b10-7-,11-8-,19-16-,20-17-,21-18-,28-25-,29-26-,34-32-,37-36-,38-33-,44-27-,46-43-. The van der Waals surface area contributed by atoms with E-state index in [0.717, 1.165) is 173 Å². The second kappa shape index (κ2) is 65.8. The van der Waals surface area contributed by atoms with Crippen molar-refractivity contribution < 1.29 is 28.6 Å². The number of carbonyl (C=O) groups excluding carboxylic acids is 3. The number of hydrogen-bond donors (Lipinski definition) is 0. The quantitative estimate of drug-likeness (QED) is 0.0261. The number of hydrogen-bond acceptors (Lipinski definition) is 6. The molecule has 1 atom stereocenters. The first-order valence-corrected chi connectivity index (χ1v) is 32.3. The summed E-state index contributed by atoms with van der Waals surface area (Å²) in [6.07, 6.45) is 94.1. The van der Waals surface area contributed by atoms with Crippen LogP contribution in [0.25, 0.3) is 0 Å². The van der Waals surface area contributed by atoms with Crippen LogP contribution in [-0.4, -0.2) is 37.2 Å². The average molecular weight is 1090 g/mol. The number of carbonyl (C=O) groups is 3. The highest BCUT2D eigenvalue weighted by Gasteiger charge is 2.19. The second-order valence-electron chi connectivity index (χ2n) is 20.9. The predicted molar refractivity (Wildman–Crippen MR) is 343 cm³/mol. The lowest BCUT2D eigenvalue weighted by atomic mass is 10.1. The number of esters is 3. The fourth-order valence-electron chi connectivity index (χ4n) is 8.53. The molecule has 446 valence electrons. The third kappa shape index (κ3) is 64.0. The van der Waals surface area contributed by atoms with Crippen LogP contribution in [0.2, 0.25) is 0 Å². The minimum Gasteiger partial charge on any atom is -0.462 e. The van der Waals surface area contributed by atoms with Crippen LogP contribution in [0.3, 0.4) is 0 Å². The molecular weight excluding hydrogens is 973 g/mol. The average Bonchev–Trinajstić information content (AvgIpc) is 3.45. The molecule has 0 rings (SSSR count). The largest absolute Gasteiger partial charge is 0.462 e. The molecule has 6 heteroatoms. The van der Waals surface area contributed by atoms with E-state index < -0.39 is 6.10 Å². The molecular formula is C73H118O6. The summed E-state index contributed by atoms with van der Waals surface area (Å²) < 4.78 is 16.9. The van der Waals surface area contributed by atoms with Crippen molar-refractivity contribution in [1.82, 2.24) is 0 Å². The minimum atomic E-state index is -0.805. The molecule has 0 saturated carbocycles. The molecule has 0 aliphatic rings. The lowest BCUT2D eigenvalue weighted by Crippen LogP contribution is -2.30. The van der Waals surface area contributed by atoms with Gasteiger partial charge in [0.05, 0.1) is 0 Å². The van der Waals surface area contributed by atoms with Crippen LogP contribution in [0.4, 0.5) is 0 Å². The van der Waals surface area contributed by atoms with Crippen molar-refractivity contribution in [2.45, 2.75) is 284 Å². The minimum absolute atomic E-state index is 0.0988. The third-order valence-corrected chi connectivity index (χ3v) is 13.3. The van der Waals surface area contributed by atoms with E-state index in [0.29, 0.717) is 19.3 Å². The fraction of sp³-hybridized carbons (Fsp3) is 0.630. The van der Waals surface area contributed by atoms with Crippen LogP contribution in [0.1, 0.15) is 278 Å². The van der Waals surface area contributed by atoms with Gasteiger partial charge in [0.15, 0.2) is 6.10 Å². The zero-order valence-corrected chi connectivity index (χ0v) is 51.1. The van der Waals surface area contributed by atoms with Gasteiger partial charge in [-0.15, -0.1) is 0 Å². The Labute approximate surface area is 487 Å². The lowest BCUT2D eigenvalue weighted by Gasteiger charge is -2.18. The zero-order valence-electron chi connectivity index (χ0n) is 51.1. The van der Waals surface area contributed by atoms with Crippen molar-refractivity contribution in [3.05, 3.63) is 146 Å². The number of allylic oxidation sites excluding steroid dienone is 24. The van der Waals surface area contributed by atoms with Gasteiger partial charge in [-0.25, -0.2) is 0 Å². The van der Waals surface area contributed by atoms with Crippen LogP contribution in [0.5, 0.6) is 0 Å². The second-order valence-corrected chi connectivity index (χ2v) is 20.9. The third-order valence-electron chi connectivity index (χ3n) is 13.3. The lowest BCUT2D eigenvalue weighted by molar-refractivity contribution is -0.167. The van der Waals surface area contributed by atoms with Gasteiger partial charge in [0.2, 0.25) is 0 Å². The maximum Gasteiger partial charge on any atom is 0.306 e. The molecule has 0 aliphatic heterocycles. The van der Waals surface area contributed by atoms with E-state index in [-0.39, 0.29) is 31.1 Å². The van der Waals surface area contributed by atoms with Crippen LogP contribution >= 0.6 is 0 Å². The molecule has 0 fully saturated rings. The first-order chi connectivity index (χ1) is 39.0. The summed E-state index contributed by atoms with van der Waals surface area (Å²) in [5.74, 6) is -0.937. The van der Waals surface area contributed by atoms with Crippen molar-refractivity contribution in [1.29, 1.82) is 0 Å². The molecule has 0 spiro atoms. The normalized spacial score (nSPS) is 13.1. The van der Waals surface area contributed by atoms with Gasteiger partial charge in [-0.05, 0) is 141 Å². The van der Waals surface area contributed by atoms with Crippen LogP contribution in [-0.2, 0) is 28.6 Å². The Balaban J connectivity index is 4.44. The predicted octanol–water partition coefficient (Wildman–Crippen LogP) is 22.3. The Morgan fingerprint density at radius 3 is 0.772 bits per heavy atom. The van der Waals surface area contributed by atoms with Crippen molar-refractivity contribution >= 4 is 17.9 Å². The Bertz CT molecular complexity index is 1730. The highest BCUT2D eigenvalue weighted by molar-refractivity contribution is 5.71. The van der Waals surface area contributed by atoms with E-state index >= 15 is 0 Å². The van der Waals surface area contributed by atoms with E-state index in [1.165, 1.54) is 64.2 Å². The topological polar surface area (TPSA) is 78.9 Å². The van der Waals surface area contributed by atoms with Crippen molar-refractivity contribution in [2.75, 3.05) is 13.2 Å². The fourth-order valence-corrected chi connectivity index (χ4v) is 8.53. The summed E-state index contributed by atoms with van der Waals surface area (Å²) in [7, 11) is 0. The maximum absolute atomic E-state index is 12.9. The molecule has 0 amide bonds. The van der Waals surface area contributed by atoms with Gasteiger partial charge in [0.25, 0.3) is 0 Å². The van der Waals surface area contributed by atoms with E-state index in [1.807, 2.05) is 0 Å². The van der Waals surface area contributed by atoms with Crippen molar-refractivity contribution in [3.8, 4) is 0 Å². The van der Waals surface area contributed by atoms with Gasteiger partial charge in [-0.2, -0.15) is 0 Å². The summed E-state index contributed by atoms with van der Waals surface area (Å²) >= 11 is 0. The molecule has 0 saturated heterocycles. The summed E-state index contributed by atoms with van der Waals surface area (Å²) in [6, 6.07) is 0. The Hall–Kier alpha value is -4.71. The van der Waals surface area contributed by atoms with Crippen molar-refractivity contribution in [2.24, 2.45) is 0 Å². The zero-order chi connectivity index (χ0) is 57.1. The Morgan fingerprint density at radius 2 is 0.494 bits per heavy atom. The molecule has 0 aromatic heterocycles. The summed E-state index contributed by atoms with van der Waals surface area (Å²) in [5.41, 5.74) is 0. The van der Waals surface area contributed by atoms with Crippen LogP contribution in [0, 0.1) is 0 Å². The van der Waals surface area contributed by atoms with E-state index in [9.17, 15) is 14.4 Å². The molecule has 79 heavy (non-hydrogen) atoms. The monoisotopic (exact) mass is 1090 g/mol. The molecule has 1 unspecified atom stereocenters. The summed E-state index contributed by atoms with van der Waals surface area (Å²) in [6.45, 7) is 6.36. The Kier molecular flexibility index (Phi) is 61.9. The highest BCUT2D eigenvalue weighted by Crippen LogP contribution is 2.15. The van der Waals surface area contributed by atoms with Gasteiger partial charge in [-0.1, -0.05) is 263 Å². The molecule has 6 nitrogen and oxygen atoms in total. The van der Waals surface area contributed by atoms with Gasteiger partial charge >= 0.3 is 17.9 Å². The van der Waals surface area contributed by atoms with E-state index in [2.05, 4.69) is 167 Å². The first kappa shape index (κ1) is 74.3. The summed E-state index contributed by atoms with van der Waals surface area (Å²) in [5, 5.41) is 0. The first-order valence-electron chi connectivity index (χ1n) is 32.3. The van der Waals surface area contributed by atoms with E-state index in [1.54, 1.807) is 0 Å². The maximum atomic E-state index is 12.9. The summed E-state index contributed by atoms with van der Waals surface area (Å²) in [4.78, 5) is 38.4. The number of rotatable bonds is 57. The molecule has 0 aromatic rings. The number of ether oxygens (including phenoxy) is 3. The van der Waals surface area contributed by atoms with Gasteiger partial charge < -0.3 is 14.2 Å². The Morgan fingerprint density at radius 1 is 0.266 bits per heavy atom. The van der Waals surface area contributed by atoms with Gasteiger partial charge in [-0.3, -0.25) is 14.4 Å². The molecule has 0 heterocycles. The molecule has 0 bridgehead atoms. The van der Waals surface area contributed by atoms with Gasteiger partial charge in [0, 0.05) is 19.3 Å². The molecule has 0 aliphatic carbocycles. The smallest absolute Gasteiger partial charge is 0.306 e. The SMILES string of the molecule is CC/C=C\C/C=C\C/C=C\C/C=C\C/C=C\CCCCCCCCCCCC(=O)OCC(COC(=O)CCCCCCC/C=C\C/C=C\CCCCC)OC(=O)CCCCCCC/C=C\C/C=C\C/C=C\C/C=C\C/C=C\CC. The van der Waals surface area contributed by atoms with Crippen LogP contribution < -0.4 is 0 Å². The molecule has 0 N–H and O–H groups in total. The van der Waals surface area contributed by atoms with Crippen LogP contribution in [0.15, 0.2) is 146 Å². The molecule has 0 aromatic carbocycles. The van der Waals surface area contributed by atoms with Crippen molar-refractivity contribution in [3.63, 3.8) is 0 Å². The van der Waals surface area contributed by atoms with Gasteiger partial charge in [0.1, 0.15) is 13.2 Å². The number of unbranched alkanes of at least 4 members (excludes halogenated alkanes) is 22. The highest BCUT2D eigenvalue weighted by atomic mass is 16.6. The molecule has 0 radical (unpaired) electrons. The van der Waals surface area contributed by atoms with E-state index in [4.69, 9.17) is 14.2 Å².